The molecule has 5 nitrogen and oxygen atoms in total. The molecule has 0 spiro atoms. The van der Waals surface area contributed by atoms with E-state index in [1.54, 1.807) is 29.9 Å². The van der Waals surface area contributed by atoms with Gasteiger partial charge in [-0.1, -0.05) is 6.07 Å². The number of aromatic nitrogens is 2. The van der Waals surface area contributed by atoms with Crippen molar-refractivity contribution in [3.05, 3.63) is 41.0 Å². The second kappa shape index (κ2) is 7.48. The summed E-state index contributed by atoms with van der Waals surface area (Å²) < 4.78 is 0. The number of amides is 1. The monoisotopic (exact) mass is 276 g/mol. The Labute approximate surface area is 116 Å². The van der Waals surface area contributed by atoms with Crippen LogP contribution in [0.1, 0.15) is 11.3 Å². The normalized spacial score (nSPS) is 10.1. The lowest BCUT2D eigenvalue weighted by Crippen LogP contribution is -2.29. The van der Waals surface area contributed by atoms with Crippen molar-refractivity contribution in [1.82, 2.24) is 15.3 Å². The molecule has 2 aromatic heterocycles. The molecule has 0 aromatic carbocycles. The molecule has 100 valence electrons. The van der Waals surface area contributed by atoms with Gasteiger partial charge in [0.15, 0.2) is 0 Å². The number of aryl methyl sites for hydroxylation is 1. The van der Waals surface area contributed by atoms with Gasteiger partial charge in [-0.25, -0.2) is 4.98 Å². The molecule has 0 radical (unpaired) electrons. The van der Waals surface area contributed by atoms with Crippen molar-refractivity contribution in [3.8, 4) is 0 Å². The van der Waals surface area contributed by atoms with E-state index in [4.69, 9.17) is 0 Å². The summed E-state index contributed by atoms with van der Waals surface area (Å²) in [5, 5.41) is 7.98. The maximum atomic E-state index is 11.6. The molecule has 19 heavy (non-hydrogen) atoms. The van der Waals surface area contributed by atoms with Gasteiger partial charge >= 0.3 is 0 Å². The van der Waals surface area contributed by atoms with E-state index < -0.39 is 0 Å². The first-order chi connectivity index (χ1) is 9.34. The summed E-state index contributed by atoms with van der Waals surface area (Å²) in [5.41, 5.74) is 0. The molecule has 0 aliphatic carbocycles. The van der Waals surface area contributed by atoms with Gasteiger partial charge in [-0.3, -0.25) is 9.78 Å². The minimum Gasteiger partial charge on any atom is -0.367 e. The van der Waals surface area contributed by atoms with Crippen molar-refractivity contribution in [2.75, 3.05) is 18.4 Å². The lowest BCUT2D eigenvalue weighted by atomic mass is 10.2. The van der Waals surface area contributed by atoms with E-state index in [1.165, 1.54) is 4.88 Å². The van der Waals surface area contributed by atoms with Crippen molar-refractivity contribution in [2.45, 2.75) is 12.8 Å². The minimum atomic E-state index is 0.0781. The molecule has 0 bridgehead atoms. The fourth-order valence-corrected chi connectivity index (χ4v) is 2.27. The number of thiophene rings is 1. The Balaban J connectivity index is 1.57. The summed E-state index contributed by atoms with van der Waals surface area (Å²) in [7, 11) is 0. The zero-order valence-electron chi connectivity index (χ0n) is 10.5. The quantitative estimate of drug-likeness (QED) is 0.755. The van der Waals surface area contributed by atoms with Crippen molar-refractivity contribution < 1.29 is 4.79 Å². The van der Waals surface area contributed by atoms with E-state index in [1.807, 2.05) is 17.5 Å². The number of carbonyl (C=O) groups excluding carboxylic acids is 1. The van der Waals surface area contributed by atoms with Crippen LogP contribution in [-0.4, -0.2) is 29.0 Å². The van der Waals surface area contributed by atoms with Crippen molar-refractivity contribution in [2.24, 2.45) is 0 Å². The topological polar surface area (TPSA) is 66.9 Å². The number of nitrogens with one attached hydrogen (secondary N) is 2. The predicted molar refractivity (Wildman–Crippen MR) is 76.2 cm³/mol. The molecule has 2 heterocycles. The van der Waals surface area contributed by atoms with Gasteiger partial charge in [0.25, 0.3) is 0 Å². The molecule has 1 amide bonds. The van der Waals surface area contributed by atoms with Gasteiger partial charge in [-0.15, -0.1) is 11.3 Å². The molecular weight excluding hydrogens is 260 g/mol. The zero-order valence-corrected chi connectivity index (χ0v) is 11.3. The van der Waals surface area contributed by atoms with Crippen LogP contribution in [0.3, 0.4) is 0 Å². The first-order valence-corrected chi connectivity index (χ1v) is 7.01. The van der Waals surface area contributed by atoms with Gasteiger partial charge in [0.05, 0.1) is 6.20 Å². The maximum absolute atomic E-state index is 11.6. The third-order valence-corrected chi connectivity index (χ3v) is 3.43. The third-order valence-electron chi connectivity index (χ3n) is 2.50. The average Bonchev–Trinajstić information content (AvgIpc) is 2.96. The number of carbonyl (C=O) groups is 1. The number of anilines is 1. The second-order valence-electron chi connectivity index (χ2n) is 3.95. The molecule has 2 rings (SSSR count). The van der Waals surface area contributed by atoms with E-state index in [-0.39, 0.29) is 5.91 Å². The molecule has 0 aliphatic rings. The Morgan fingerprint density at radius 3 is 3.00 bits per heavy atom. The van der Waals surface area contributed by atoms with Crippen molar-refractivity contribution in [1.29, 1.82) is 0 Å². The smallest absolute Gasteiger partial charge is 0.220 e. The van der Waals surface area contributed by atoms with Crippen LogP contribution in [0.15, 0.2) is 36.1 Å². The molecule has 0 unspecified atom stereocenters. The molecule has 0 atom stereocenters. The highest BCUT2D eigenvalue weighted by Crippen LogP contribution is 2.10. The molecule has 0 saturated carbocycles. The van der Waals surface area contributed by atoms with Crippen LogP contribution < -0.4 is 10.6 Å². The predicted octanol–water partition coefficient (Wildman–Crippen LogP) is 1.70. The van der Waals surface area contributed by atoms with Crippen LogP contribution in [0, 0.1) is 0 Å². The lowest BCUT2D eigenvalue weighted by molar-refractivity contribution is -0.120. The first-order valence-electron chi connectivity index (χ1n) is 6.13. The second-order valence-corrected chi connectivity index (χ2v) is 4.98. The van der Waals surface area contributed by atoms with Gasteiger partial charge in [-0.2, -0.15) is 0 Å². The Morgan fingerprint density at radius 1 is 1.32 bits per heavy atom. The Bertz CT molecular complexity index is 487. The maximum Gasteiger partial charge on any atom is 0.220 e. The van der Waals surface area contributed by atoms with Gasteiger partial charge < -0.3 is 10.6 Å². The highest BCUT2D eigenvalue weighted by atomic mass is 32.1. The van der Waals surface area contributed by atoms with E-state index in [9.17, 15) is 4.79 Å². The zero-order chi connectivity index (χ0) is 13.3. The van der Waals surface area contributed by atoms with Crippen molar-refractivity contribution >= 4 is 23.1 Å². The summed E-state index contributed by atoms with van der Waals surface area (Å²) in [5.74, 6) is 0.796. The van der Waals surface area contributed by atoms with Crippen LogP contribution in [0.4, 0.5) is 5.82 Å². The molecule has 0 aliphatic heterocycles. The first kappa shape index (κ1) is 13.5. The van der Waals surface area contributed by atoms with Crippen LogP contribution in [0.5, 0.6) is 0 Å². The third kappa shape index (κ3) is 5.05. The average molecular weight is 276 g/mol. The van der Waals surface area contributed by atoms with Crippen molar-refractivity contribution in [3.63, 3.8) is 0 Å². The number of hydrogen-bond acceptors (Lipinski definition) is 5. The highest BCUT2D eigenvalue weighted by molar-refractivity contribution is 7.09. The summed E-state index contributed by atoms with van der Waals surface area (Å²) >= 11 is 1.68. The Hall–Kier alpha value is -1.95. The van der Waals surface area contributed by atoms with E-state index >= 15 is 0 Å². The highest BCUT2D eigenvalue weighted by Gasteiger charge is 2.02. The molecule has 6 heteroatoms. The van der Waals surface area contributed by atoms with Crippen LogP contribution in [0.25, 0.3) is 0 Å². The fourth-order valence-electron chi connectivity index (χ4n) is 1.56. The minimum absolute atomic E-state index is 0.0781. The van der Waals surface area contributed by atoms with Crippen LogP contribution in [0.2, 0.25) is 0 Å². The fraction of sp³-hybridized carbons (Fsp3) is 0.308. The Kier molecular flexibility index (Phi) is 5.31. The summed E-state index contributed by atoms with van der Waals surface area (Å²) in [6.45, 7) is 1.23. The van der Waals surface area contributed by atoms with E-state index in [2.05, 4.69) is 20.6 Å². The molecule has 2 N–H and O–H groups in total. The molecule has 0 fully saturated rings. The standard InChI is InChI=1S/C13H16N4OS/c18-13(4-3-11-2-1-9-19-11)17-8-7-16-12-10-14-5-6-15-12/h1-2,5-6,9-10H,3-4,7-8H2,(H,15,16)(H,17,18). The summed E-state index contributed by atoms with van der Waals surface area (Å²) in [6, 6.07) is 4.05. The number of rotatable bonds is 7. The van der Waals surface area contributed by atoms with Gasteiger partial charge in [0.2, 0.25) is 5.91 Å². The van der Waals surface area contributed by atoms with Gasteiger partial charge in [0, 0.05) is 36.8 Å². The van der Waals surface area contributed by atoms with Crippen LogP contribution >= 0.6 is 11.3 Å². The van der Waals surface area contributed by atoms with Gasteiger partial charge in [0.1, 0.15) is 5.82 Å². The van der Waals surface area contributed by atoms with Crippen LogP contribution in [-0.2, 0) is 11.2 Å². The number of nitrogens with zero attached hydrogens (tertiary/aromatic N) is 2. The molecule has 0 saturated heterocycles. The summed E-state index contributed by atoms with van der Waals surface area (Å²) in [4.78, 5) is 20.9. The molecular formula is C13H16N4OS. The summed E-state index contributed by atoms with van der Waals surface area (Å²) in [6.07, 6.45) is 6.24. The lowest BCUT2D eigenvalue weighted by Gasteiger charge is -2.06. The SMILES string of the molecule is O=C(CCc1cccs1)NCCNc1cnccn1. The van der Waals surface area contributed by atoms with E-state index in [0.29, 0.717) is 19.5 Å². The van der Waals surface area contributed by atoms with E-state index in [0.717, 1.165) is 12.2 Å². The molecule has 2 aromatic rings. The largest absolute Gasteiger partial charge is 0.367 e. The van der Waals surface area contributed by atoms with Gasteiger partial charge in [-0.05, 0) is 17.9 Å². The Morgan fingerprint density at radius 2 is 2.26 bits per heavy atom. The number of hydrogen-bond donors (Lipinski definition) is 2.